The number of amidine groups is 1. The summed E-state index contributed by atoms with van der Waals surface area (Å²) in [5.41, 5.74) is 1.57. The van der Waals surface area contributed by atoms with Crippen molar-refractivity contribution in [3.05, 3.63) is 44.9 Å². The lowest BCUT2D eigenvalue weighted by atomic mass is 9.81. The fourth-order valence-corrected chi connectivity index (χ4v) is 6.09. The Labute approximate surface area is 231 Å². The van der Waals surface area contributed by atoms with Gasteiger partial charge in [-0.2, -0.15) is 0 Å². The van der Waals surface area contributed by atoms with Crippen molar-refractivity contribution in [3.63, 3.8) is 0 Å². The third-order valence-corrected chi connectivity index (χ3v) is 8.27. The lowest BCUT2D eigenvalue weighted by Gasteiger charge is -2.37. The van der Waals surface area contributed by atoms with E-state index in [1.807, 2.05) is 0 Å². The van der Waals surface area contributed by atoms with Crippen molar-refractivity contribution in [2.75, 3.05) is 40.1 Å². The molecule has 0 spiro atoms. The number of thiazole rings is 1. The van der Waals surface area contributed by atoms with Crippen molar-refractivity contribution in [1.29, 1.82) is 0 Å². The summed E-state index contributed by atoms with van der Waals surface area (Å²) in [6, 6.07) is 6.11. The van der Waals surface area contributed by atoms with E-state index in [9.17, 15) is 14.4 Å². The van der Waals surface area contributed by atoms with Gasteiger partial charge < -0.3 is 25.8 Å². The van der Waals surface area contributed by atoms with Gasteiger partial charge in [0.05, 0.1) is 11.7 Å². The fourth-order valence-electron chi connectivity index (χ4n) is 4.87. The van der Waals surface area contributed by atoms with Crippen LogP contribution in [0.5, 0.6) is 0 Å². The minimum Gasteiger partial charge on any atom is -0.361 e. The Hall–Kier alpha value is -3.02. The van der Waals surface area contributed by atoms with E-state index in [0.717, 1.165) is 30.1 Å². The number of carbonyl (C=O) groups excluding carboxylic acids is 3. The second kappa shape index (κ2) is 12.2. The summed E-state index contributed by atoms with van der Waals surface area (Å²) < 4.78 is 0. The molecule has 1 saturated carbocycles. The summed E-state index contributed by atoms with van der Waals surface area (Å²) >= 11 is 7.36. The van der Waals surface area contributed by atoms with E-state index >= 15 is 0 Å². The Morgan fingerprint density at radius 2 is 1.87 bits per heavy atom. The van der Waals surface area contributed by atoms with E-state index in [-0.39, 0.29) is 29.6 Å². The van der Waals surface area contributed by atoms with Gasteiger partial charge in [-0.1, -0.05) is 11.6 Å². The highest BCUT2D eigenvalue weighted by Gasteiger charge is 2.37. The Morgan fingerprint density at radius 1 is 1.13 bits per heavy atom. The van der Waals surface area contributed by atoms with Crippen molar-refractivity contribution in [2.45, 2.75) is 44.3 Å². The van der Waals surface area contributed by atoms with Crippen molar-refractivity contribution in [1.82, 2.24) is 25.4 Å². The molecule has 0 bridgehead atoms. The lowest BCUT2D eigenvalue weighted by molar-refractivity contribution is -0.134. The molecule has 204 valence electrons. The first-order valence-corrected chi connectivity index (χ1v) is 13.8. The number of hydrogen-bond donors (Lipinski definition) is 3. The van der Waals surface area contributed by atoms with E-state index in [0.29, 0.717) is 35.0 Å². The number of rotatable bonds is 5. The van der Waals surface area contributed by atoms with Crippen LogP contribution in [-0.2, 0) is 22.6 Å². The van der Waals surface area contributed by atoms with E-state index < -0.39 is 11.9 Å². The number of aromatic nitrogens is 1. The topological polar surface area (TPSA) is 119 Å². The Bertz CT molecular complexity index is 1210. The molecule has 1 fully saturated rings. The molecule has 2 heterocycles. The zero-order valence-corrected chi connectivity index (χ0v) is 23.7. The normalized spacial score (nSPS) is 21.8. The van der Waals surface area contributed by atoms with Gasteiger partial charge in [-0.25, -0.2) is 4.98 Å². The van der Waals surface area contributed by atoms with Gasteiger partial charge in [0.15, 0.2) is 10.8 Å². The summed E-state index contributed by atoms with van der Waals surface area (Å²) in [7, 11) is 7.06. The highest BCUT2D eigenvalue weighted by atomic mass is 35.5. The largest absolute Gasteiger partial charge is 0.361 e. The van der Waals surface area contributed by atoms with E-state index in [1.165, 1.54) is 18.4 Å². The number of carbonyl (C=O) groups is 3. The SMILES string of the molecule is CN=C(NC1CCC(C(=O)N(C)C)CC1NC(=O)c1nc2c(s1)CN(C)CC2)C(=O)Nc1ccc(Cl)cc1. The standard InChI is InChI=1S/C26H34ClN7O3S/c1-28-22(23(35)29-17-8-6-16(27)7-9-17)30-18-10-5-15(26(37)33(2)3)13-20(18)31-24(36)25-32-19-11-12-34(4)14-21(19)38-25/h6-9,15,18,20H,5,10-14H2,1-4H3,(H,28,30)(H,29,35)(H,31,36). The summed E-state index contributed by atoms with van der Waals surface area (Å²) in [4.78, 5) is 52.7. The smallest absolute Gasteiger partial charge is 0.290 e. The predicted molar refractivity (Wildman–Crippen MR) is 150 cm³/mol. The molecule has 2 aliphatic rings. The maximum absolute atomic E-state index is 13.3. The van der Waals surface area contributed by atoms with Gasteiger partial charge in [-0.15, -0.1) is 11.3 Å². The third kappa shape index (κ3) is 6.69. The maximum Gasteiger partial charge on any atom is 0.290 e. The number of anilines is 1. The molecule has 1 aliphatic carbocycles. The third-order valence-electron chi connectivity index (χ3n) is 6.94. The molecule has 10 nitrogen and oxygen atoms in total. The molecular weight excluding hydrogens is 526 g/mol. The average molecular weight is 560 g/mol. The molecule has 2 aromatic rings. The molecule has 12 heteroatoms. The number of hydrogen-bond acceptors (Lipinski definition) is 7. The molecule has 3 unspecified atom stereocenters. The molecule has 4 rings (SSSR count). The zero-order chi connectivity index (χ0) is 27.4. The predicted octanol–water partition coefficient (Wildman–Crippen LogP) is 2.40. The van der Waals surface area contributed by atoms with Crippen LogP contribution < -0.4 is 16.0 Å². The van der Waals surface area contributed by atoms with Crippen LogP contribution in [0.25, 0.3) is 0 Å². The summed E-state index contributed by atoms with van der Waals surface area (Å²) in [5, 5.41) is 10.2. The number of amides is 3. The van der Waals surface area contributed by atoms with Crippen molar-refractivity contribution >= 4 is 52.2 Å². The minimum absolute atomic E-state index is 0.0281. The number of nitrogens with one attached hydrogen (secondary N) is 3. The second-order valence-electron chi connectivity index (χ2n) is 9.98. The van der Waals surface area contributed by atoms with Crippen LogP contribution in [0, 0.1) is 5.92 Å². The molecule has 0 saturated heterocycles. The monoisotopic (exact) mass is 559 g/mol. The quantitative estimate of drug-likeness (QED) is 0.382. The molecule has 1 aromatic carbocycles. The number of fused-ring (bicyclic) bond motifs is 1. The Kier molecular flexibility index (Phi) is 9.01. The zero-order valence-electron chi connectivity index (χ0n) is 22.1. The first-order valence-electron chi connectivity index (χ1n) is 12.6. The number of likely N-dealkylation sites (N-methyl/N-ethyl adjacent to an activating group) is 1. The van der Waals surface area contributed by atoms with Gasteiger partial charge in [0.2, 0.25) is 5.91 Å². The van der Waals surface area contributed by atoms with Gasteiger partial charge in [-0.3, -0.25) is 19.4 Å². The lowest BCUT2D eigenvalue weighted by Crippen LogP contribution is -2.57. The van der Waals surface area contributed by atoms with Crippen LogP contribution in [0.1, 0.15) is 39.6 Å². The van der Waals surface area contributed by atoms with Gasteiger partial charge in [0, 0.05) is 68.2 Å². The Balaban J connectivity index is 1.49. The first kappa shape index (κ1) is 28.0. The van der Waals surface area contributed by atoms with Gasteiger partial charge in [0.25, 0.3) is 11.8 Å². The van der Waals surface area contributed by atoms with Crippen LogP contribution in [0.4, 0.5) is 5.69 Å². The summed E-state index contributed by atoms with van der Waals surface area (Å²) in [6.07, 6.45) is 2.49. The molecule has 38 heavy (non-hydrogen) atoms. The van der Waals surface area contributed by atoms with Crippen LogP contribution in [0.15, 0.2) is 29.3 Å². The molecule has 1 aliphatic heterocycles. The Morgan fingerprint density at radius 3 is 2.55 bits per heavy atom. The molecule has 3 atom stereocenters. The van der Waals surface area contributed by atoms with E-state index in [2.05, 4.69) is 37.9 Å². The van der Waals surface area contributed by atoms with Crippen molar-refractivity contribution in [2.24, 2.45) is 10.9 Å². The molecule has 3 amide bonds. The first-order chi connectivity index (χ1) is 18.1. The molecule has 3 N–H and O–H groups in total. The van der Waals surface area contributed by atoms with Crippen LogP contribution in [0.3, 0.4) is 0 Å². The minimum atomic E-state index is -0.400. The van der Waals surface area contributed by atoms with Crippen molar-refractivity contribution < 1.29 is 14.4 Å². The van der Waals surface area contributed by atoms with E-state index in [1.54, 1.807) is 43.3 Å². The van der Waals surface area contributed by atoms with Gasteiger partial charge >= 0.3 is 0 Å². The van der Waals surface area contributed by atoms with Crippen LogP contribution in [-0.4, -0.2) is 85.2 Å². The highest BCUT2D eigenvalue weighted by molar-refractivity contribution is 7.13. The summed E-state index contributed by atoms with van der Waals surface area (Å²) in [5.74, 6) is -0.712. The maximum atomic E-state index is 13.3. The number of benzene rings is 1. The highest BCUT2D eigenvalue weighted by Crippen LogP contribution is 2.28. The molecular formula is C26H34ClN7O3S. The fraction of sp³-hybridized carbons (Fsp3) is 0.500. The van der Waals surface area contributed by atoms with Crippen molar-refractivity contribution in [3.8, 4) is 0 Å². The number of aliphatic imine (C=N–C) groups is 1. The summed E-state index contributed by atoms with van der Waals surface area (Å²) in [6.45, 7) is 1.70. The van der Waals surface area contributed by atoms with E-state index in [4.69, 9.17) is 11.6 Å². The van der Waals surface area contributed by atoms with Crippen LogP contribution in [0.2, 0.25) is 5.02 Å². The number of nitrogens with zero attached hydrogens (tertiary/aromatic N) is 4. The number of halogens is 1. The second-order valence-corrected chi connectivity index (χ2v) is 11.5. The van der Waals surface area contributed by atoms with Crippen LogP contribution >= 0.6 is 22.9 Å². The van der Waals surface area contributed by atoms with Gasteiger partial charge in [-0.05, 0) is 50.6 Å². The van der Waals surface area contributed by atoms with Gasteiger partial charge in [0.1, 0.15) is 0 Å². The average Bonchev–Trinajstić information content (AvgIpc) is 3.32. The molecule has 1 aromatic heterocycles. The molecule has 0 radical (unpaired) electrons.